The number of aromatic amines is 2. The summed E-state index contributed by atoms with van der Waals surface area (Å²) in [4.78, 5) is 52.7. The van der Waals surface area contributed by atoms with Crippen LogP contribution in [-0.4, -0.2) is 75.7 Å². The van der Waals surface area contributed by atoms with Gasteiger partial charge < -0.3 is 36.6 Å². The lowest BCUT2D eigenvalue weighted by atomic mass is 9.92. The quantitative estimate of drug-likeness (QED) is 0.218. The molecule has 3 aromatic carbocycles. The molecule has 0 spiro atoms. The van der Waals surface area contributed by atoms with Crippen LogP contribution in [0.4, 0.5) is 5.69 Å². The van der Waals surface area contributed by atoms with E-state index >= 15 is 0 Å². The predicted molar refractivity (Wildman–Crippen MR) is 158 cm³/mol. The second kappa shape index (κ2) is 10.5. The molecule has 11 nitrogen and oxygen atoms in total. The summed E-state index contributed by atoms with van der Waals surface area (Å²) in [5.74, 6) is -0.800. The van der Waals surface area contributed by atoms with E-state index in [9.17, 15) is 14.4 Å². The molecule has 11 heteroatoms. The minimum Gasteiger partial charge on any atom is -0.366 e. The molecule has 0 aliphatic carbocycles. The second-order valence-corrected chi connectivity index (χ2v) is 10.2. The standard InChI is InChI=1S/C30H30N8O3/c1-37-11-13-38(14-12-37)30(41)17-5-6-20-24(15-17)35-26-21(27(32)39)8-7-19(25(20)26)18-3-2-4-23(22(18)16-31)36-29(40)28-33-9-10-34-28/h2-10,15,35H,11-14,16,31H2,1H3,(H2,32,39)(H,33,34)(H,36,40). The molecule has 0 bridgehead atoms. The van der Waals surface area contributed by atoms with E-state index in [1.807, 2.05) is 48.3 Å². The number of fused-ring (bicyclic) bond motifs is 3. The third kappa shape index (κ3) is 4.71. The van der Waals surface area contributed by atoms with Crippen molar-refractivity contribution in [3.63, 3.8) is 0 Å². The van der Waals surface area contributed by atoms with Crippen molar-refractivity contribution in [2.75, 3.05) is 38.5 Å². The van der Waals surface area contributed by atoms with Crippen LogP contribution in [-0.2, 0) is 6.54 Å². The Morgan fingerprint density at radius 1 is 1.02 bits per heavy atom. The van der Waals surface area contributed by atoms with Crippen LogP contribution in [0, 0.1) is 0 Å². The van der Waals surface area contributed by atoms with Crippen molar-refractivity contribution in [3.05, 3.63) is 83.4 Å². The molecule has 0 unspecified atom stereocenters. The largest absolute Gasteiger partial charge is 0.366 e. The van der Waals surface area contributed by atoms with E-state index in [2.05, 4.69) is 25.2 Å². The average Bonchev–Trinajstić information content (AvgIpc) is 3.65. The van der Waals surface area contributed by atoms with Gasteiger partial charge in [-0.3, -0.25) is 14.4 Å². The summed E-state index contributed by atoms with van der Waals surface area (Å²) in [6.07, 6.45) is 3.08. The number of likely N-dealkylation sites (N-methyl/N-ethyl adjacent to an activating group) is 1. The van der Waals surface area contributed by atoms with Gasteiger partial charge in [0.05, 0.1) is 11.1 Å². The number of benzene rings is 3. The molecule has 41 heavy (non-hydrogen) atoms. The van der Waals surface area contributed by atoms with Gasteiger partial charge in [0.2, 0.25) is 0 Å². The van der Waals surface area contributed by atoms with Crippen LogP contribution in [0.15, 0.2) is 60.9 Å². The number of nitrogens with one attached hydrogen (secondary N) is 3. The van der Waals surface area contributed by atoms with Crippen LogP contribution >= 0.6 is 0 Å². The number of imidazole rings is 1. The molecule has 6 rings (SSSR count). The first-order chi connectivity index (χ1) is 19.9. The number of rotatable bonds is 6. The van der Waals surface area contributed by atoms with Crippen LogP contribution in [0.5, 0.6) is 0 Å². The number of amides is 3. The first kappa shape index (κ1) is 26.2. The summed E-state index contributed by atoms with van der Waals surface area (Å²) in [5.41, 5.74) is 17.1. The Morgan fingerprint density at radius 3 is 2.54 bits per heavy atom. The minimum atomic E-state index is -0.569. The Bertz CT molecular complexity index is 1800. The van der Waals surface area contributed by atoms with Gasteiger partial charge in [-0.2, -0.15) is 0 Å². The van der Waals surface area contributed by atoms with Crippen molar-refractivity contribution >= 4 is 45.2 Å². The topological polar surface area (TPSA) is 166 Å². The number of piperazine rings is 1. The molecule has 0 saturated carbocycles. The smallest absolute Gasteiger partial charge is 0.291 e. The molecular formula is C30H30N8O3. The second-order valence-electron chi connectivity index (χ2n) is 10.2. The predicted octanol–water partition coefficient (Wildman–Crippen LogP) is 2.91. The van der Waals surface area contributed by atoms with Crippen molar-refractivity contribution in [2.45, 2.75) is 6.54 Å². The van der Waals surface area contributed by atoms with E-state index in [-0.39, 0.29) is 24.2 Å². The van der Waals surface area contributed by atoms with Gasteiger partial charge in [0.15, 0.2) is 5.82 Å². The van der Waals surface area contributed by atoms with E-state index in [0.717, 1.165) is 40.6 Å². The number of primary amides is 1. The molecule has 3 heterocycles. The lowest BCUT2D eigenvalue weighted by Gasteiger charge is -2.32. The molecule has 208 valence electrons. The summed E-state index contributed by atoms with van der Waals surface area (Å²) in [6.45, 7) is 3.15. The Kier molecular flexibility index (Phi) is 6.73. The molecule has 0 radical (unpaired) electrons. The van der Waals surface area contributed by atoms with Gasteiger partial charge in [0, 0.05) is 72.7 Å². The summed E-state index contributed by atoms with van der Waals surface area (Å²) in [5, 5.41) is 4.51. The number of hydrogen-bond donors (Lipinski definition) is 5. The van der Waals surface area contributed by atoms with Gasteiger partial charge in [-0.1, -0.05) is 24.3 Å². The number of aromatic nitrogens is 3. The van der Waals surface area contributed by atoms with Gasteiger partial charge in [-0.25, -0.2) is 4.98 Å². The third-order valence-electron chi connectivity index (χ3n) is 7.69. The Hall–Kier alpha value is -5.00. The van der Waals surface area contributed by atoms with Gasteiger partial charge in [-0.05, 0) is 48.0 Å². The lowest BCUT2D eigenvalue weighted by molar-refractivity contribution is 0.0664. The molecule has 3 amide bonds. The van der Waals surface area contributed by atoms with Gasteiger partial charge >= 0.3 is 0 Å². The van der Waals surface area contributed by atoms with Crippen molar-refractivity contribution in [1.29, 1.82) is 0 Å². The summed E-state index contributed by atoms with van der Waals surface area (Å²) >= 11 is 0. The van der Waals surface area contributed by atoms with Crippen molar-refractivity contribution < 1.29 is 14.4 Å². The molecule has 0 atom stereocenters. The summed E-state index contributed by atoms with van der Waals surface area (Å²) in [7, 11) is 2.05. The number of anilines is 1. The fourth-order valence-electron chi connectivity index (χ4n) is 5.51. The van der Waals surface area contributed by atoms with Crippen molar-refractivity contribution in [2.24, 2.45) is 11.5 Å². The number of carbonyl (C=O) groups is 3. The zero-order chi connectivity index (χ0) is 28.7. The molecule has 2 aromatic heterocycles. The van der Waals surface area contributed by atoms with Crippen LogP contribution in [0.25, 0.3) is 32.9 Å². The van der Waals surface area contributed by atoms with Crippen molar-refractivity contribution in [1.82, 2.24) is 24.8 Å². The zero-order valence-electron chi connectivity index (χ0n) is 22.5. The average molecular weight is 551 g/mol. The lowest BCUT2D eigenvalue weighted by Crippen LogP contribution is -2.47. The number of hydrogen-bond acceptors (Lipinski definition) is 6. The van der Waals surface area contributed by atoms with E-state index in [1.54, 1.807) is 18.3 Å². The molecule has 1 saturated heterocycles. The highest BCUT2D eigenvalue weighted by Gasteiger charge is 2.23. The van der Waals surface area contributed by atoms with Crippen LogP contribution in [0.2, 0.25) is 0 Å². The van der Waals surface area contributed by atoms with E-state index in [0.29, 0.717) is 40.9 Å². The van der Waals surface area contributed by atoms with E-state index in [1.165, 1.54) is 6.20 Å². The fraction of sp³-hybridized carbons (Fsp3) is 0.200. The SMILES string of the molecule is CN1CCN(C(=O)c2ccc3c(c2)[nH]c2c(C(N)=O)ccc(-c4cccc(NC(=O)c5ncc[nH]5)c4CN)c23)CC1. The van der Waals surface area contributed by atoms with Gasteiger partial charge in [-0.15, -0.1) is 0 Å². The Balaban J connectivity index is 1.47. The molecular weight excluding hydrogens is 520 g/mol. The van der Waals surface area contributed by atoms with Gasteiger partial charge in [0.1, 0.15) is 0 Å². The van der Waals surface area contributed by atoms with E-state index in [4.69, 9.17) is 11.5 Å². The number of nitrogens with zero attached hydrogens (tertiary/aromatic N) is 3. The van der Waals surface area contributed by atoms with E-state index < -0.39 is 5.91 Å². The maximum atomic E-state index is 13.3. The molecule has 7 N–H and O–H groups in total. The van der Waals surface area contributed by atoms with Crippen LogP contribution < -0.4 is 16.8 Å². The van der Waals surface area contributed by atoms with Crippen molar-refractivity contribution in [3.8, 4) is 11.1 Å². The maximum Gasteiger partial charge on any atom is 0.291 e. The highest BCUT2D eigenvalue weighted by atomic mass is 16.2. The molecule has 1 fully saturated rings. The maximum absolute atomic E-state index is 13.3. The van der Waals surface area contributed by atoms with Crippen LogP contribution in [0.1, 0.15) is 36.9 Å². The molecule has 5 aromatic rings. The summed E-state index contributed by atoms with van der Waals surface area (Å²) < 4.78 is 0. The third-order valence-corrected chi connectivity index (χ3v) is 7.69. The first-order valence-electron chi connectivity index (χ1n) is 13.3. The summed E-state index contributed by atoms with van der Waals surface area (Å²) in [6, 6.07) is 14.6. The minimum absolute atomic E-state index is 0.0283. The molecule has 1 aliphatic heterocycles. The van der Waals surface area contributed by atoms with Crippen LogP contribution in [0.3, 0.4) is 0 Å². The number of nitrogens with two attached hydrogens (primary N) is 2. The number of carbonyl (C=O) groups excluding carboxylic acids is 3. The first-order valence-corrected chi connectivity index (χ1v) is 13.3. The highest BCUT2D eigenvalue weighted by Crippen LogP contribution is 2.39. The Labute approximate surface area is 235 Å². The number of H-pyrrole nitrogens is 2. The zero-order valence-corrected chi connectivity index (χ0v) is 22.5. The monoisotopic (exact) mass is 550 g/mol. The normalized spacial score (nSPS) is 14.0. The Morgan fingerprint density at radius 2 is 1.83 bits per heavy atom. The highest BCUT2D eigenvalue weighted by molar-refractivity contribution is 6.20. The van der Waals surface area contributed by atoms with Gasteiger partial charge in [0.25, 0.3) is 17.7 Å². The fourth-order valence-corrected chi connectivity index (χ4v) is 5.51. The molecule has 1 aliphatic rings.